The van der Waals surface area contributed by atoms with Crippen LogP contribution in [0.15, 0.2) is 48.7 Å². The number of methoxy groups -OCH3 is 1. The molecule has 146 valence electrons. The van der Waals surface area contributed by atoms with Crippen molar-refractivity contribution in [2.75, 3.05) is 24.7 Å². The lowest BCUT2D eigenvalue weighted by molar-refractivity contribution is 0.0603. The van der Waals surface area contributed by atoms with Crippen LogP contribution in [-0.4, -0.2) is 45.3 Å². The lowest BCUT2D eigenvalue weighted by Gasteiger charge is -2.20. The van der Waals surface area contributed by atoms with Crippen molar-refractivity contribution in [2.24, 2.45) is 0 Å². The van der Waals surface area contributed by atoms with E-state index in [0.29, 0.717) is 27.7 Å². The smallest absolute Gasteiger partial charge is 0.340 e. The first-order valence-corrected chi connectivity index (χ1v) is 10.3. The van der Waals surface area contributed by atoms with Gasteiger partial charge in [-0.3, -0.25) is 13.7 Å². The van der Waals surface area contributed by atoms with Crippen LogP contribution in [0.5, 0.6) is 0 Å². The maximum atomic E-state index is 13.3. The van der Waals surface area contributed by atoms with Crippen molar-refractivity contribution in [1.29, 1.82) is 0 Å². The summed E-state index contributed by atoms with van der Waals surface area (Å²) >= 11 is 0. The van der Waals surface area contributed by atoms with Crippen molar-refractivity contribution in [3.8, 4) is 0 Å². The molecule has 0 saturated heterocycles. The number of rotatable bonds is 4. The number of nitrogens with zero attached hydrogens (tertiary/aromatic N) is 2. The van der Waals surface area contributed by atoms with Crippen LogP contribution >= 0.6 is 0 Å². The van der Waals surface area contributed by atoms with Crippen molar-refractivity contribution in [3.63, 3.8) is 0 Å². The molecule has 0 unspecified atom stereocenters. The molecule has 0 atom stereocenters. The molecule has 0 spiro atoms. The molecular formula is C20H20N2O5S. The third-order valence-electron chi connectivity index (χ3n) is 4.71. The summed E-state index contributed by atoms with van der Waals surface area (Å²) in [6.45, 7) is 1.69. The summed E-state index contributed by atoms with van der Waals surface area (Å²) in [5, 5.41) is 0.602. The van der Waals surface area contributed by atoms with Crippen LogP contribution in [0.3, 0.4) is 0 Å². The predicted octanol–water partition coefficient (Wildman–Crippen LogP) is 2.82. The van der Waals surface area contributed by atoms with Gasteiger partial charge in [0.05, 0.1) is 30.1 Å². The predicted molar refractivity (Wildman–Crippen MR) is 107 cm³/mol. The minimum atomic E-state index is -3.48. The molecule has 3 rings (SSSR count). The first-order chi connectivity index (χ1) is 13.2. The van der Waals surface area contributed by atoms with E-state index in [4.69, 9.17) is 4.74 Å². The highest BCUT2D eigenvalue weighted by atomic mass is 32.2. The summed E-state index contributed by atoms with van der Waals surface area (Å²) in [5.74, 6) is -0.905. The van der Waals surface area contributed by atoms with Gasteiger partial charge in [0.2, 0.25) is 10.0 Å². The molecule has 0 amide bonds. The van der Waals surface area contributed by atoms with Crippen LogP contribution in [0.25, 0.3) is 10.9 Å². The van der Waals surface area contributed by atoms with Crippen LogP contribution in [0, 0.1) is 6.92 Å². The number of sulfonamides is 1. The van der Waals surface area contributed by atoms with Gasteiger partial charge in [-0.2, -0.15) is 0 Å². The van der Waals surface area contributed by atoms with Gasteiger partial charge < -0.3 is 4.74 Å². The van der Waals surface area contributed by atoms with Crippen molar-refractivity contribution >= 4 is 38.5 Å². The number of hydrogen-bond acceptors (Lipinski definition) is 5. The van der Waals surface area contributed by atoms with E-state index in [-0.39, 0.29) is 11.5 Å². The molecule has 0 aliphatic rings. The number of carbonyl (C=O) groups excluding carboxylic acids is 2. The molecule has 7 nitrogen and oxygen atoms in total. The summed E-state index contributed by atoms with van der Waals surface area (Å²) in [7, 11) is -0.757. The summed E-state index contributed by atoms with van der Waals surface area (Å²) < 4.78 is 31.1. The second kappa shape index (κ2) is 7.12. The zero-order valence-electron chi connectivity index (χ0n) is 16.0. The SMILES string of the molecule is COC(=O)c1cn(C(=O)c2cccc(N(C)S(C)(=O)=O)c2C)c2ccccc12. The lowest BCUT2D eigenvalue weighted by Crippen LogP contribution is -2.26. The van der Waals surface area contributed by atoms with E-state index in [2.05, 4.69) is 0 Å². The highest BCUT2D eigenvalue weighted by Gasteiger charge is 2.23. The molecule has 28 heavy (non-hydrogen) atoms. The van der Waals surface area contributed by atoms with Gasteiger partial charge in [-0.15, -0.1) is 0 Å². The number of fused-ring (bicyclic) bond motifs is 1. The second-order valence-corrected chi connectivity index (χ2v) is 8.42. The van der Waals surface area contributed by atoms with Gasteiger partial charge in [0.25, 0.3) is 5.91 Å². The van der Waals surface area contributed by atoms with E-state index in [9.17, 15) is 18.0 Å². The summed E-state index contributed by atoms with van der Waals surface area (Å²) in [6, 6.07) is 11.9. The second-order valence-electron chi connectivity index (χ2n) is 6.41. The average molecular weight is 400 g/mol. The average Bonchev–Trinajstić information content (AvgIpc) is 3.05. The van der Waals surface area contributed by atoms with Crippen LogP contribution in [-0.2, 0) is 14.8 Å². The molecular weight excluding hydrogens is 380 g/mol. The molecule has 1 heterocycles. The third-order valence-corrected chi connectivity index (χ3v) is 5.90. The fourth-order valence-electron chi connectivity index (χ4n) is 3.12. The number of carbonyl (C=O) groups is 2. The molecule has 0 radical (unpaired) electrons. The van der Waals surface area contributed by atoms with Crippen molar-refractivity contribution in [1.82, 2.24) is 4.57 Å². The number of hydrogen-bond donors (Lipinski definition) is 0. The molecule has 3 aromatic rings. The highest BCUT2D eigenvalue weighted by molar-refractivity contribution is 7.92. The fraction of sp³-hybridized carbons (Fsp3) is 0.200. The van der Waals surface area contributed by atoms with Crippen LogP contribution < -0.4 is 4.31 Å². The Kier molecular flexibility index (Phi) is 4.99. The molecule has 0 aliphatic carbocycles. The summed E-state index contributed by atoms with van der Waals surface area (Å²) in [4.78, 5) is 25.4. The van der Waals surface area contributed by atoms with Crippen molar-refractivity contribution in [2.45, 2.75) is 6.92 Å². The van der Waals surface area contributed by atoms with Gasteiger partial charge in [-0.1, -0.05) is 24.3 Å². The Morgan fingerprint density at radius 2 is 1.71 bits per heavy atom. The van der Waals surface area contributed by atoms with Crippen LogP contribution in [0.2, 0.25) is 0 Å². The largest absolute Gasteiger partial charge is 0.465 e. The van der Waals surface area contributed by atoms with Gasteiger partial charge in [-0.25, -0.2) is 13.2 Å². The number of esters is 1. The van der Waals surface area contributed by atoms with Gasteiger partial charge >= 0.3 is 5.97 Å². The van der Waals surface area contributed by atoms with E-state index in [1.807, 2.05) is 0 Å². The van der Waals surface area contributed by atoms with Gasteiger partial charge in [-0.05, 0) is 30.7 Å². The van der Waals surface area contributed by atoms with Gasteiger partial charge in [0, 0.05) is 24.2 Å². The van der Waals surface area contributed by atoms with Crippen LogP contribution in [0.1, 0.15) is 26.3 Å². The molecule has 0 fully saturated rings. The van der Waals surface area contributed by atoms with E-state index in [1.165, 1.54) is 24.9 Å². The molecule has 8 heteroatoms. The Bertz CT molecular complexity index is 1190. The first kappa shape index (κ1) is 19.6. The molecule has 0 aliphatic heterocycles. The number of para-hydroxylation sites is 1. The van der Waals surface area contributed by atoms with E-state index in [0.717, 1.165) is 10.6 Å². The van der Waals surface area contributed by atoms with E-state index in [1.54, 1.807) is 49.4 Å². The zero-order valence-corrected chi connectivity index (χ0v) is 16.8. The van der Waals surface area contributed by atoms with Crippen molar-refractivity contribution < 1.29 is 22.7 Å². The molecule has 0 saturated carbocycles. The lowest BCUT2D eigenvalue weighted by atomic mass is 10.1. The quantitative estimate of drug-likeness (QED) is 0.629. The van der Waals surface area contributed by atoms with Gasteiger partial charge in [0.15, 0.2) is 0 Å². The van der Waals surface area contributed by atoms with Crippen molar-refractivity contribution in [3.05, 3.63) is 65.4 Å². The number of anilines is 1. The Labute approximate surface area is 163 Å². The van der Waals surface area contributed by atoms with Crippen LogP contribution in [0.4, 0.5) is 5.69 Å². The van der Waals surface area contributed by atoms with E-state index >= 15 is 0 Å². The number of ether oxygens (including phenoxy) is 1. The maximum Gasteiger partial charge on any atom is 0.340 e. The summed E-state index contributed by atoms with van der Waals surface area (Å²) in [5.41, 5.74) is 2.13. The minimum Gasteiger partial charge on any atom is -0.465 e. The highest BCUT2D eigenvalue weighted by Crippen LogP contribution is 2.27. The minimum absolute atomic E-state index is 0.286. The summed E-state index contributed by atoms with van der Waals surface area (Å²) in [6.07, 6.45) is 2.55. The Balaban J connectivity index is 2.18. The molecule has 1 aromatic heterocycles. The number of aromatic nitrogens is 1. The Morgan fingerprint density at radius 1 is 1.04 bits per heavy atom. The fourth-order valence-corrected chi connectivity index (χ4v) is 3.68. The first-order valence-electron chi connectivity index (χ1n) is 8.43. The zero-order chi connectivity index (χ0) is 20.6. The Morgan fingerprint density at radius 3 is 2.36 bits per heavy atom. The normalized spacial score (nSPS) is 11.4. The standard InChI is InChI=1S/C20H20N2O5S/c1-13-14(9-7-11-17(13)21(2)28(4,25)26)19(23)22-12-16(20(24)27-3)15-8-5-6-10-18(15)22/h5-12H,1-4H3. The monoisotopic (exact) mass is 400 g/mol. The molecule has 0 N–H and O–H groups in total. The van der Waals surface area contributed by atoms with Gasteiger partial charge in [0.1, 0.15) is 0 Å². The molecule has 2 aromatic carbocycles. The van der Waals surface area contributed by atoms with E-state index < -0.39 is 16.0 Å². The number of benzene rings is 2. The topological polar surface area (TPSA) is 85.7 Å². The Hall–Kier alpha value is -3.13. The third kappa shape index (κ3) is 3.27. The maximum absolute atomic E-state index is 13.3. The molecule has 0 bridgehead atoms.